The van der Waals surface area contributed by atoms with Crippen LogP contribution in [0.4, 0.5) is 0 Å². The van der Waals surface area contributed by atoms with Crippen LogP contribution in [0.15, 0.2) is 0 Å². The average molecular weight is 340 g/mol. The number of ether oxygens (including phenoxy) is 1. The van der Waals surface area contributed by atoms with Crippen LogP contribution in [0, 0.1) is 5.41 Å². The Morgan fingerprint density at radius 2 is 1.83 bits per heavy atom. The summed E-state index contributed by atoms with van der Waals surface area (Å²) in [6.07, 6.45) is 3.98. The van der Waals surface area contributed by atoms with Gasteiger partial charge in [0.05, 0.1) is 6.10 Å². The van der Waals surface area contributed by atoms with Crippen molar-refractivity contribution >= 4 is 5.91 Å². The third kappa shape index (κ3) is 4.12. The van der Waals surface area contributed by atoms with Gasteiger partial charge in [0.2, 0.25) is 5.91 Å². The van der Waals surface area contributed by atoms with Crippen molar-refractivity contribution in [3.05, 3.63) is 0 Å². The fourth-order valence-electron chi connectivity index (χ4n) is 4.51. The van der Waals surface area contributed by atoms with E-state index in [1.807, 2.05) is 0 Å². The van der Waals surface area contributed by atoms with E-state index in [1.165, 1.54) is 0 Å². The Bertz CT molecular complexity index is 401. The largest absolute Gasteiger partial charge is 0.381 e. The number of carbonyl (C=O) groups excluding carboxylic acids is 1. The number of hydrogen-bond acceptors (Lipinski definition) is 4. The Balaban J connectivity index is 1.72. The van der Waals surface area contributed by atoms with E-state index in [0.29, 0.717) is 18.6 Å². The topological polar surface area (TPSA) is 44.8 Å². The van der Waals surface area contributed by atoms with Crippen LogP contribution in [0.5, 0.6) is 0 Å². The fourth-order valence-corrected chi connectivity index (χ4v) is 4.51. The van der Waals surface area contributed by atoms with Crippen molar-refractivity contribution in [2.45, 2.75) is 71.6 Å². The van der Waals surface area contributed by atoms with E-state index in [0.717, 1.165) is 52.0 Å². The molecule has 140 valence electrons. The van der Waals surface area contributed by atoms with Crippen LogP contribution in [-0.2, 0) is 9.53 Å². The van der Waals surface area contributed by atoms with Crippen LogP contribution in [0.2, 0.25) is 0 Å². The van der Waals surface area contributed by atoms with E-state index in [-0.39, 0.29) is 17.4 Å². The number of methoxy groups -OCH3 is 1. The summed E-state index contributed by atoms with van der Waals surface area (Å²) in [6, 6.07) is 0.904. The zero-order valence-corrected chi connectivity index (χ0v) is 16.3. The van der Waals surface area contributed by atoms with Gasteiger partial charge in [0.1, 0.15) is 0 Å². The van der Waals surface area contributed by atoms with Gasteiger partial charge in [-0.1, -0.05) is 13.8 Å². The number of piperazine rings is 1. The van der Waals surface area contributed by atoms with Crippen molar-refractivity contribution in [3.8, 4) is 0 Å². The van der Waals surface area contributed by atoms with Gasteiger partial charge in [-0.2, -0.15) is 0 Å². The molecule has 0 aromatic rings. The SMILES string of the molecule is CCC1(CC)C(NC(=O)CCN2CCN(C(C)C)CC2)CC1OC. The Labute approximate surface area is 148 Å². The third-order valence-corrected chi connectivity index (χ3v) is 6.51. The first-order valence-electron chi connectivity index (χ1n) is 9.75. The summed E-state index contributed by atoms with van der Waals surface area (Å²) < 4.78 is 5.62. The lowest BCUT2D eigenvalue weighted by atomic mass is 9.58. The average Bonchev–Trinajstić information content (AvgIpc) is 2.58. The molecule has 5 nitrogen and oxygen atoms in total. The molecule has 0 spiro atoms. The van der Waals surface area contributed by atoms with Crippen molar-refractivity contribution in [3.63, 3.8) is 0 Å². The van der Waals surface area contributed by atoms with Gasteiger partial charge in [0.15, 0.2) is 0 Å². The Morgan fingerprint density at radius 3 is 2.33 bits per heavy atom. The summed E-state index contributed by atoms with van der Waals surface area (Å²) in [5.74, 6) is 0.201. The predicted molar refractivity (Wildman–Crippen MR) is 98.1 cm³/mol. The first-order valence-corrected chi connectivity index (χ1v) is 9.75. The highest BCUT2D eigenvalue weighted by Gasteiger charge is 2.53. The second kappa shape index (κ2) is 8.63. The molecule has 1 amide bonds. The molecule has 0 aromatic carbocycles. The van der Waals surface area contributed by atoms with Crippen LogP contribution >= 0.6 is 0 Å². The number of carbonyl (C=O) groups is 1. The van der Waals surface area contributed by atoms with Crippen LogP contribution < -0.4 is 5.32 Å². The molecular weight excluding hydrogens is 302 g/mol. The maximum absolute atomic E-state index is 12.4. The molecule has 2 unspecified atom stereocenters. The molecule has 1 aliphatic heterocycles. The maximum atomic E-state index is 12.4. The van der Waals surface area contributed by atoms with Crippen molar-refractivity contribution in [1.29, 1.82) is 0 Å². The molecule has 2 rings (SSSR count). The highest BCUT2D eigenvalue weighted by atomic mass is 16.5. The normalized spacial score (nSPS) is 27.9. The molecule has 0 radical (unpaired) electrons. The third-order valence-electron chi connectivity index (χ3n) is 6.51. The maximum Gasteiger partial charge on any atom is 0.221 e. The summed E-state index contributed by atoms with van der Waals surface area (Å²) in [4.78, 5) is 17.3. The lowest BCUT2D eigenvalue weighted by molar-refractivity contribution is -0.141. The van der Waals surface area contributed by atoms with E-state index >= 15 is 0 Å². The van der Waals surface area contributed by atoms with E-state index in [2.05, 4.69) is 42.8 Å². The highest BCUT2D eigenvalue weighted by Crippen LogP contribution is 2.48. The molecule has 2 atom stereocenters. The van der Waals surface area contributed by atoms with Gasteiger partial charge in [-0.25, -0.2) is 0 Å². The minimum absolute atomic E-state index is 0.132. The van der Waals surface area contributed by atoms with Gasteiger partial charge in [-0.3, -0.25) is 9.69 Å². The minimum atomic E-state index is 0.132. The summed E-state index contributed by atoms with van der Waals surface area (Å²) in [7, 11) is 1.79. The number of amides is 1. The lowest BCUT2D eigenvalue weighted by Gasteiger charge is -2.55. The standard InChI is InChI=1S/C19H37N3O2/c1-6-19(7-2)16(14-17(19)24-5)20-18(23)8-9-21-10-12-22(13-11-21)15(3)4/h15-17H,6-14H2,1-5H3,(H,20,23). The lowest BCUT2D eigenvalue weighted by Crippen LogP contribution is -2.64. The van der Waals surface area contributed by atoms with Gasteiger partial charge in [0.25, 0.3) is 0 Å². The van der Waals surface area contributed by atoms with E-state index < -0.39 is 0 Å². The Kier molecular flexibility index (Phi) is 7.08. The zero-order valence-electron chi connectivity index (χ0n) is 16.3. The van der Waals surface area contributed by atoms with Crippen LogP contribution in [0.25, 0.3) is 0 Å². The molecule has 1 saturated carbocycles. The highest BCUT2D eigenvalue weighted by molar-refractivity contribution is 5.76. The van der Waals surface area contributed by atoms with Gasteiger partial charge in [0, 0.05) is 63.8 Å². The summed E-state index contributed by atoms with van der Waals surface area (Å²) >= 11 is 0. The second-order valence-corrected chi connectivity index (χ2v) is 7.74. The molecule has 24 heavy (non-hydrogen) atoms. The van der Waals surface area contributed by atoms with Gasteiger partial charge in [-0.05, 0) is 33.1 Å². The molecule has 1 aliphatic carbocycles. The molecule has 2 aliphatic rings. The minimum Gasteiger partial charge on any atom is -0.381 e. The Hall–Kier alpha value is -0.650. The number of rotatable bonds is 8. The number of hydrogen-bond donors (Lipinski definition) is 1. The van der Waals surface area contributed by atoms with Crippen LogP contribution in [0.3, 0.4) is 0 Å². The quantitative estimate of drug-likeness (QED) is 0.736. The van der Waals surface area contributed by atoms with Gasteiger partial charge in [-0.15, -0.1) is 0 Å². The summed E-state index contributed by atoms with van der Waals surface area (Å²) in [5.41, 5.74) is 0.132. The van der Waals surface area contributed by atoms with Crippen LogP contribution in [-0.4, -0.2) is 73.7 Å². The van der Waals surface area contributed by atoms with E-state index in [9.17, 15) is 4.79 Å². The molecule has 1 heterocycles. The molecule has 1 saturated heterocycles. The van der Waals surface area contributed by atoms with Crippen molar-refractivity contribution in [2.24, 2.45) is 5.41 Å². The molecule has 0 bridgehead atoms. The summed E-state index contributed by atoms with van der Waals surface area (Å²) in [5, 5.41) is 3.28. The smallest absolute Gasteiger partial charge is 0.221 e. The van der Waals surface area contributed by atoms with Crippen molar-refractivity contribution < 1.29 is 9.53 Å². The first-order chi connectivity index (χ1) is 11.5. The van der Waals surface area contributed by atoms with Crippen molar-refractivity contribution in [1.82, 2.24) is 15.1 Å². The van der Waals surface area contributed by atoms with E-state index in [4.69, 9.17) is 4.74 Å². The second-order valence-electron chi connectivity index (χ2n) is 7.74. The molecular formula is C19H37N3O2. The first kappa shape index (κ1) is 19.7. The molecule has 2 fully saturated rings. The molecule has 1 N–H and O–H groups in total. The monoisotopic (exact) mass is 339 g/mol. The number of nitrogens with zero attached hydrogens (tertiary/aromatic N) is 2. The van der Waals surface area contributed by atoms with E-state index in [1.54, 1.807) is 7.11 Å². The fraction of sp³-hybridized carbons (Fsp3) is 0.947. The summed E-state index contributed by atoms with van der Waals surface area (Å²) in [6.45, 7) is 14.2. The van der Waals surface area contributed by atoms with Gasteiger partial charge < -0.3 is 15.0 Å². The van der Waals surface area contributed by atoms with Crippen LogP contribution in [0.1, 0.15) is 53.4 Å². The zero-order chi connectivity index (χ0) is 17.7. The molecule has 5 heteroatoms. The number of nitrogens with one attached hydrogen (secondary N) is 1. The van der Waals surface area contributed by atoms with Crippen molar-refractivity contribution in [2.75, 3.05) is 39.8 Å². The Morgan fingerprint density at radius 1 is 1.21 bits per heavy atom. The van der Waals surface area contributed by atoms with Gasteiger partial charge >= 0.3 is 0 Å². The molecule has 0 aromatic heterocycles. The predicted octanol–water partition coefficient (Wildman–Crippen LogP) is 2.11.